The Hall–Kier alpha value is -2.04. The Morgan fingerprint density at radius 1 is 1.00 bits per heavy atom. The van der Waals surface area contributed by atoms with Gasteiger partial charge in [-0.05, 0) is 29.2 Å². The summed E-state index contributed by atoms with van der Waals surface area (Å²) in [5, 5.41) is 0. The SMILES string of the molecule is CC(C)COC1Cc2ccccc2C#Cc2ccccc21. The van der Waals surface area contributed by atoms with Crippen LogP contribution in [-0.2, 0) is 11.2 Å². The van der Waals surface area contributed by atoms with E-state index in [4.69, 9.17) is 4.74 Å². The first-order valence-corrected chi connectivity index (χ1v) is 7.54. The predicted molar refractivity (Wildman–Crippen MR) is 86.1 cm³/mol. The average molecular weight is 276 g/mol. The van der Waals surface area contributed by atoms with Crippen molar-refractivity contribution < 1.29 is 4.74 Å². The molecule has 0 saturated heterocycles. The highest BCUT2D eigenvalue weighted by Crippen LogP contribution is 2.28. The highest BCUT2D eigenvalue weighted by Gasteiger charge is 2.19. The molecule has 21 heavy (non-hydrogen) atoms. The first kappa shape index (κ1) is 13.9. The van der Waals surface area contributed by atoms with Crippen LogP contribution < -0.4 is 0 Å². The van der Waals surface area contributed by atoms with Gasteiger partial charge in [0.15, 0.2) is 0 Å². The topological polar surface area (TPSA) is 9.23 Å². The largest absolute Gasteiger partial charge is 0.373 e. The van der Waals surface area contributed by atoms with Crippen molar-refractivity contribution in [1.82, 2.24) is 0 Å². The average Bonchev–Trinajstić information content (AvgIpc) is 2.48. The van der Waals surface area contributed by atoms with Crippen LogP contribution in [0.3, 0.4) is 0 Å². The summed E-state index contributed by atoms with van der Waals surface area (Å²) < 4.78 is 6.20. The van der Waals surface area contributed by atoms with Gasteiger partial charge in [0.25, 0.3) is 0 Å². The lowest BCUT2D eigenvalue weighted by Crippen LogP contribution is -2.14. The zero-order valence-corrected chi connectivity index (χ0v) is 12.6. The van der Waals surface area contributed by atoms with Gasteiger partial charge in [-0.1, -0.05) is 62.1 Å². The molecule has 2 aromatic rings. The molecule has 0 amide bonds. The summed E-state index contributed by atoms with van der Waals surface area (Å²) >= 11 is 0. The van der Waals surface area contributed by atoms with Gasteiger partial charge >= 0.3 is 0 Å². The summed E-state index contributed by atoms with van der Waals surface area (Å²) in [4.78, 5) is 0. The minimum Gasteiger partial charge on any atom is -0.373 e. The van der Waals surface area contributed by atoms with Gasteiger partial charge in [0, 0.05) is 24.2 Å². The minimum absolute atomic E-state index is 0.0827. The molecule has 0 N–H and O–H groups in total. The summed E-state index contributed by atoms with van der Waals surface area (Å²) in [7, 11) is 0. The van der Waals surface area contributed by atoms with Crippen LogP contribution in [0.1, 0.15) is 42.2 Å². The van der Waals surface area contributed by atoms with Gasteiger partial charge in [-0.25, -0.2) is 0 Å². The number of ether oxygens (including phenoxy) is 1. The fourth-order valence-electron chi connectivity index (χ4n) is 2.61. The predicted octanol–water partition coefficient (Wildman–Crippen LogP) is 4.36. The quantitative estimate of drug-likeness (QED) is 0.757. The van der Waals surface area contributed by atoms with E-state index in [1.54, 1.807) is 0 Å². The molecule has 1 unspecified atom stereocenters. The van der Waals surface area contributed by atoms with Crippen LogP contribution in [-0.4, -0.2) is 6.61 Å². The molecule has 1 aliphatic carbocycles. The molecule has 0 radical (unpaired) electrons. The molecule has 0 spiro atoms. The Bertz CT molecular complexity index is 688. The fraction of sp³-hybridized carbons (Fsp3) is 0.300. The summed E-state index contributed by atoms with van der Waals surface area (Å²) in [5.41, 5.74) is 4.68. The van der Waals surface area contributed by atoms with Crippen molar-refractivity contribution in [1.29, 1.82) is 0 Å². The van der Waals surface area contributed by atoms with E-state index in [0.29, 0.717) is 5.92 Å². The molecular formula is C20H20O. The molecule has 1 aliphatic rings. The number of hydrogen-bond donors (Lipinski definition) is 0. The third-order valence-electron chi connectivity index (χ3n) is 3.69. The summed E-state index contributed by atoms with van der Waals surface area (Å²) in [5.74, 6) is 7.14. The summed E-state index contributed by atoms with van der Waals surface area (Å²) in [6, 6.07) is 16.7. The van der Waals surface area contributed by atoms with Gasteiger partial charge < -0.3 is 4.74 Å². The van der Waals surface area contributed by atoms with Crippen molar-refractivity contribution in [2.45, 2.75) is 26.4 Å². The van der Waals surface area contributed by atoms with E-state index in [9.17, 15) is 0 Å². The van der Waals surface area contributed by atoms with Crippen LogP contribution in [0, 0.1) is 17.8 Å². The Kier molecular flexibility index (Phi) is 4.08. The van der Waals surface area contributed by atoms with Gasteiger partial charge in [-0.15, -0.1) is 0 Å². The smallest absolute Gasteiger partial charge is 0.0877 e. The van der Waals surface area contributed by atoms with Gasteiger partial charge in [0.2, 0.25) is 0 Å². The molecule has 106 valence electrons. The minimum atomic E-state index is 0.0827. The van der Waals surface area contributed by atoms with E-state index in [1.807, 2.05) is 12.1 Å². The maximum atomic E-state index is 6.20. The van der Waals surface area contributed by atoms with E-state index in [-0.39, 0.29) is 6.10 Å². The highest BCUT2D eigenvalue weighted by atomic mass is 16.5. The van der Waals surface area contributed by atoms with Crippen LogP contribution in [0.15, 0.2) is 48.5 Å². The zero-order valence-electron chi connectivity index (χ0n) is 12.6. The van der Waals surface area contributed by atoms with Gasteiger partial charge in [-0.2, -0.15) is 0 Å². The molecule has 1 atom stereocenters. The number of benzene rings is 2. The van der Waals surface area contributed by atoms with E-state index in [2.05, 4.69) is 62.1 Å². The first-order valence-electron chi connectivity index (χ1n) is 7.54. The zero-order chi connectivity index (χ0) is 14.7. The molecule has 0 saturated carbocycles. The molecule has 0 bridgehead atoms. The molecule has 1 nitrogen and oxygen atoms in total. The first-order chi connectivity index (χ1) is 10.2. The van der Waals surface area contributed by atoms with E-state index >= 15 is 0 Å². The highest BCUT2D eigenvalue weighted by molar-refractivity contribution is 5.52. The molecule has 0 aromatic heterocycles. The maximum absolute atomic E-state index is 6.20. The lowest BCUT2D eigenvalue weighted by molar-refractivity contribution is 0.0349. The standard InChI is InChI=1S/C20H20O/c1-15(2)14-21-20-13-18-9-4-3-7-16(18)11-12-17-8-5-6-10-19(17)20/h3-10,15,20H,13-14H2,1-2H3. The van der Waals surface area contributed by atoms with Crippen LogP contribution in [0.4, 0.5) is 0 Å². The summed E-state index contributed by atoms with van der Waals surface area (Å²) in [6.45, 7) is 5.14. The van der Waals surface area contributed by atoms with Crippen molar-refractivity contribution >= 4 is 0 Å². The van der Waals surface area contributed by atoms with E-state index in [1.165, 1.54) is 11.1 Å². The second-order valence-electron chi connectivity index (χ2n) is 5.91. The Morgan fingerprint density at radius 3 is 2.48 bits per heavy atom. The second kappa shape index (κ2) is 6.16. The summed E-state index contributed by atoms with van der Waals surface area (Å²) in [6.07, 6.45) is 0.966. The third kappa shape index (κ3) is 3.17. The molecular weight excluding hydrogens is 256 g/mol. The lowest BCUT2D eigenvalue weighted by Gasteiger charge is -2.23. The van der Waals surface area contributed by atoms with Crippen molar-refractivity contribution in [3.63, 3.8) is 0 Å². The van der Waals surface area contributed by atoms with Gasteiger partial charge in [0.05, 0.1) is 6.10 Å². The van der Waals surface area contributed by atoms with Crippen molar-refractivity contribution in [3.8, 4) is 11.8 Å². The monoisotopic (exact) mass is 276 g/mol. The molecule has 0 fully saturated rings. The van der Waals surface area contributed by atoms with Crippen LogP contribution >= 0.6 is 0 Å². The number of hydrogen-bond acceptors (Lipinski definition) is 1. The van der Waals surface area contributed by atoms with Crippen molar-refractivity contribution in [3.05, 3.63) is 70.8 Å². The molecule has 0 aliphatic heterocycles. The maximum Gasteiger partial charge on any atom is 0.0877 e. The Balaban J connectivity index is 2.03. The van der Waals surface area contributed by atoms with Gasteiger partial charge in [-0.3, -0.25) is 0 Å². The molecule has 1 heteroatoms. The molecule has 2 aromatic carbocycles. The Morgan fingerprint density at radius 2 is 1.67 bits per heavy atom. The number of rotatable bonds is 3. The van der Waals surface area contributed by atoms with Crippen LogP contribution in [0.5, 0.6) is 0 Å². The molecule has 0 heterocycles. The fourth-order valence-corrected chi connectivity index (χ4v) is 2.61. The van der Waals surface area contributed by atoms with Crippen LogP contribution in [0.2, 0.25) is 0 Å². The van der Waals surface area contributed by atoms with Crippen molar-refractivity contribution in [2.24, 2.45) is 5.92 Å². The van der Waals surface area contributed by atoms with Gasteiger partial charge in [0.1, 0.15) is 0 Å². The lowest BCUT2D eigenvalue weighted by atomic mass is 9.92. The molecule has 3 rings (SSSR count). The third-order valence-corrected chi connectivity index (χ3v) is 3.69. The van der Waals surface area contributed by atoms with E-state index < -0.39 is 0 Å². The van der Waals surface area contributed by atoms with Crippen LogP contribution in [0.25, 0.3) is 0 Å². The normalized spacial score (nSPS) is 16.2. The van der Waals surface area contributed by atoms with Crippen molar-refractivity contribution in [2.75, 3.05) is 6.61 Å². The number of fused-ring (bicyclic) bond motifs is 2. The Labute approximate surface area is 127 Å². The second-order valence-corrected chi connectivity index (χ2v) is 5.91. The van der Waals surface area contributed by atoms with E-state index in [0.717, 1.165) is 24.2 Å².